The highest BCUT2D eigenvalue weighted by molar-refractivity contribution is 6.30. The quantitative estimate of drug-likeness (QED) is 0.381. The Labute approximate surface area is 168 Å². The molecule has 1 atom stereocenters. The first-order valence-corrected chi connectivity index (χ1v) is 8.63. The third-order valence-electron chi connectivity index (χ3n) is 3.97. The van der Waals surface area contributed by atoms with Crippen molar-refractivity contribution in [3.8, 4) is 0 Å². The lowest BCUT2D eigenvalue weighted by atomic mass is 9.92. The Hall–Kier alpha value is -3.20. The number of para-hydroxylation sites is 2. The lowest BCUT2D eigenvalue weighted by Crippen LogP contribution is -2.31. The van der Waals surface area contributed by atoms with Crippen LogP contribution >= 0.6 is 11.6 Å². The summed E-state index contributed by atoms with van der Waals surface area (Å²) < 4.78 is 41.4. The van der Waals surface area contributed by atoms with Gasteiger partial charge >= 0.3 is 6.18 Å². The summed E-state index contributed by atoms with van der Waals surface area (Å²) in [5, 5.41) is 6.05. The van der Waals surface area contributed by atoms with E-state index in [0.717, 1.165) is 6.34 Å². The van der Waals surface area contributed by atoms with Gasteiger partial charge in [0.05, 0.1) is 16.7 Å². The summed E-state index contributed by atoms with van der Waals surface area (Å²) in [7, 11) is 1.26. The molecule has 3 aromatic rings. The fourth-order valence-electron chi connectivity index (χ4n) is 2.74. The van der Waals surface area contributed by atoms with Gasteiger partial charge in [0.2, 0.25) is 5.91 Å². The molecule has 0 aliphatic heterocycles. The molecular formula is C19H14ClF3N4O2. The number of hydrogen-bond donors (Lipinski definition) is 1. The minimum Gasteiger partial charge on any atom is -0.398 e. The number of benzene rings is 2. The molecule has 0 aliphatic carbocycles. The molecule has 0 fully saturated rings. The number of nitrogens with zero attached hydrogens (tertiary/aromatic N) is 3. The largest absolute Gasteiger partial charge is 0.435 e. The number of fused-ring (bicyclic) bond motifs is 1. The molecule has 29 heavy (non-hydrogen) atoms. The molecule has 0 radical (unpaired) electrons. The number of amides is 1. The first kappa shape index (κ1) is 20.5. The van der Waals surface area contributed by atoms with Crippen LogP contribution in [-0.4, -0.2) is 29.3 Å². The molecule has 10 heteroatoms. The van der Waals surface area contributed by atoms with Crippen molar-refractivity contribution in [1.82, 2.24) is 15.3 Å². The molecule has 0 saturated carbocycles. The first-order chi connectivity index (χ1) is 13.8. The van der Waals surface area contributed by atoms with Gasteiger partial charge in [0.25, 0.3) is 0 Å². The van der Waals surface area contributed by atoms with Gasteiger partial charge in [0, 0.05) is 5.02 Å². The number of alkyl halides is 3. The maximum atomic E-state index is 13.8. The fraction of sp³-hybridized carbons (Fsp3) is 0.158. The van der Waals surface area contributed by atoms with E-state index in [9.17, 15) is 18.0 Å². The summed E-state index contributed by atoms with van der Waals surface area (Å²) in [5.74, 6) is -2.20. The normalized spacial score (nSPS) is 12.9. The highest BCUT2D eigenvalue weighted by Crippen LogP contribution is 2.36. The van der Waals surface area contributed by atoms with E-state index in [4.69, 9.17) is 11.6 Å². The minimum absolute atomic E-state index is 0.0692. The Kier molecular flexibility index (Phi) is 5.97. The lowest BCUT2D eigenvalue weighted by Gasteiger charge is -2.20. The Bertz CT molecular complexity index is 1060. The molecule has 1 heterocycles. The van der Waals surface area contributed by atoms with E-state index >= 15 is 0 Å². The van der Waals surface area contributed by atoms with E-state index in [1.165, 1.54) is 43.5 Å². The fourth-order valence-corrected chi connectivity index (χ4v) is 2.86. The highest BCUT2D eigenvalue weighted by atomic mass is 35.5. The number of halogens is 4. The summed E-state index contributed by atoms with van der Waals surface area (Å²) in [4.78, 5) is 25.1. The molecule has 0 bridgehead atoms. The van der Waals surface area contributed by atoms with Crippen LogP contribution < -0.4 is 5.32 Å². The molecule has 0 spiro atoms. The number of hydrogen-bond acceptors (Lipinski definition) is 5. The molecule has 3 rings (SSSR count). The monoisotopic (exact) mass is 422 g/mol. The van der Waals surface area contributed by atoms with Gasteiger partial charge in [-0.15, -0.1) is 0 Å². The van der Waals surface area contributed by atoms with Crippen molar-refractivity contribution in [2.24, 2.45) is 5.16 Å². The van der Waals surface area contributed by atoms with Gasteiger partial charge in [0.1, 0.15) is 19.4 Å². The van der Waals surface area contributed by atoms with Crippen molar-refractivity contribution in [3.63, 3.8) is 0 Å². The molecule has 1 unspecified atom stereocenters. The summed E-state index contributed by atoms with van der Waals surface area (Å²) in [6.45, 7) is 0. The number of nitrogens with one attached hydrogen (secondary N) is 1. The van der Waals surface area contributed by atoms with Crippen LogP contribution in [0.15, 0.2) is 53.7 Å². The van der Waals surface area contributed by atoms with Crippen molar-refractivity contribution in [3.05, 3.63) is 70.5 Å². The second-order valence-corrected chi connectivity index (χ2v) is 6.29. The van der Waals surface area contributed by atoms with E-state index < -0.39 is 29.4 Å². The van der Waals surface area contributed by atoms with Crippen LogP contribution in [0.2, 0.25) is 5.02 Å². The zero-order chi connectivity index (χ0) is 21.0. The Morgan fingerprint density at radius 2 is 1.76 bits per heavy atom. The second kappa shape index (κ2) is 8.44. The Balaban J connectivity index is 2.23. The third-order valence-corrected chi connectivity index (χ3v) is 4.22. The first-order valence-electron chi connectivity index (χ1n) is 8.26. The lowest BCUT2D eigenvalue weighted by molar-refractivity contribution is -0.142. The summed E-state index contributed by atoms with van der Waals surface area (Å²) >= 11 is 5.88. The van der Waals surface area contributed by atoms with E-state index in [0.29, 0.717) is 5.02 Å². The van der Waals surface area contributed by atoms with Crippen molar-refractivity contribution >= 4 is 34.9 Å². The number of carbonyl (C=O) groups excluding carboxylic acids is 1. The van der Waals surface area contributed by atoms with Crippen LogP contribution in [-0.2, 0) is 15.8 Å². The second-order valence-electron chi connectivity index (χ2n) is 5.85. The Morgan fingerprint density at radius 1 is 1.14 bits per heavy atom. The van der Waals surface area contributed by atoms with E-state index in [-0.39, 0.29) is 16.6 Å². The van der Waals surface area contributed by atoms with E-state index in [2.05, 4.69) is 25.3 Å². The van der Waals surface area contributed by atoms with Crippen molar-refractivity contribution in [2.45, 2.75) is 12.1 Å². The summed E-state index contributed by atoms with van der Waals surface area (Å²) in [6.07, 6.45) is -3.88. The SMILES string of the molecule is CO/N=C/NC(=O)C(c1ccc(Cl)cc1)c1nc2ccccc2nc1C(F)(F)F. The van der Waals surface area contributed by atoms with Crippen LogP contribution in [0.25, 0.3) is 11.0 Å². The zero-order valence-corrected chi connectivity index (χ0v) is 15.7. The predicted molar refractivity (Wildman–Crippen MR) is 101 cm³/mol. The molecule has 1 amide bonds. The van der Waals surface area contributed by atoms with Gasteiger partial charge in [-0.2, -0.15) is 13.2 Å². The van der Waals surface area contributed by atoms with Gasteiger partial charge in [-0.25, -0.2) is 9.97 Å². The molecule has 6 nitrogen and oxygen atoms in total. The van der Waals surface area contributed by atoms with Gasteiger partial charge < -0.3 is 10.2 Å². The molecular weight excluding hydrogens is 409 g/mol. The van der Waals surface area contributed by atoms with Gasteiger partial charge in [-0.3, -0.25) is 4.79 Å². The molecule has 150 valence electrons. The Morgan fingerprint density at radius 3 is 2.34 bits per heavy atom. The molecule has 0 saturated heterocycles. The smallest absolute Gasteiger partial charge is 0.398 e. The van der Waals surface area contributed by atoms with Crippen molar-refractivity contribution in [1.29, 1.82) is 0 Å². The highest BCUT2D eigenvalue weighted by Gasteiger charge is 2.41. The standard InChI is InChI=1S/C19H14ClF3N4O2/c1-29-25-10-24-18(28)15(11-6-8-12(20)9-7-11)16-17(19(21,22)23)27-14-5-3-2-4-13(14)26-16/h2-10,15H,1H3,(H,24,25,28). The molecule has 2 aromatic carbocycles. The van der Waals surface area contributed by atoms with Crippen LogP contribution in [0.5, 0.6) is 0 Å². The van der Waals surface area contributed by atoms with Crippen LogP contribution in [0, 0.1) is 0 Å². The maximum Gasteiger partial charge on any atom is 0.435 e. The summed E-state index contributed by atoms with van der Waals surface area (Å²) in [6, 6.07) is 12.0. The van der Waals surface area contributed by atoms with Crippen LogP contribution in [0.1, 0.15) is 22.9 Å². The third kappa shape index (κ3) is 4.62. The number of carbonyl (C=O) groups is 1. The van der Waals surface area contributed by atoms with Crippen molar-refractivity contribution in [2.75, 3.05) is 7.11 Å². The van der Waals surface area contributed by atoms with E-state index in [1.54, 1.807) is 12.1 Å². The minimum atomic E-state index is -4.82. The molecule has 1 aromatic heterocycles. The number of aromatic nitrogens is 2. The summed E-state index contributed by atoms with van der Waals surface area (Å²) in [5.41, 5.74) is -1.21. The van der Waals surface area contributed by atoms with Gasteiger partial charge in [0.15, 0.2) is 5.69 Å². The van der Waals surface area contributed by atoms with Gasteiger partial charge in [-0.05, 0) is 29.8 Å². The maximum absolute atomic E-state index is 13.8. The average molecular weight is 423 g/mol. The predicted octanol–water partition coefficient (Wildman–Crippen LogP) is 4.14. The van der Waals surface area contributed by atoms with Crippen molar-refractivity contribution < 1.29 is 22.8 Å². The van der Waals surface area contributed by atoms with Crippen LogP contribution in [0.4, 0.5) is 13.2 Å². The molecule has 0 aliphatic rings. The molecule has 1 N–H and O–H groups in total. The average Bonchev–Trinajstić information content (AvgIpc) is 2.68. The topological polar surface area (TPSA) is 76.5 Å². The number of rotatable bonds is 5. The van der Waals surface area contributed by atoms with Gasteiger partial charge in [-0.1, -0.05) is 41.0 Å². The number of oxime groups is 1. The zero-order valence-electron chi connectivity index (χ0n) is 14.9. The van der Waals surface area contributed by atoms with E-state index in [1.807, 2.05) is 0 Å². The van der Waals surface area contributed by atoms with Crippen LogP contribution in [0.3, 0.4) is 0 Å².